The van der Waals surface area contributed by atoms with Crippen LogP contribution in [-0.2, 0) is 0 Å². The molecule has 1 aliphatic rings. The zero-order chi connectivity index (χ0) is 5.11. The lowest BCUT2D eigenvalue weighted by molar-refractivity contribution is 1.00. The molecular formula is C5H9IS. The van der Waals surface area contributed by atoms with Gasteiger partial charge in [-0.2, -0.15) is 11.8 Å². The molecule has 7 heavy (non-hydrogen) atoms. The lowest BCUT2D eigenvalue weighted by Gasteiger charge is -1.88. The summed E-state index contributed by atoms with van der Waals surface area (Å²) < 4.78 is 1.27. The summed E-state index contributed by atoms with van der Waals surface area (Å²) >= 11 is 4.48. The van der Waals surface area contributed by atoms with Gasteiger partial charge in [-0.15, -0.1) is 0 Å². The molecule has 0 saturated heterocycles. The molecule has 0 spiro atoms. The van der Waals surface area contributed by atoms with Crippen LogP contribution in [0.25, 0.3) is 0 Å². The Morgan fingerprint density at radius 3 is 2.71 bits per heavy atom. The van der Waals surface area contributed by atoms with Gasteiger partial charge in [0.1, 0.15) is 0 Å². The minimum atomic E-state index is 1.11. The van der Waals surface area contributed by atoms with E-state index in [1.54, 1.807) is 0 Å². The fourth-order valence-electron chi connectivity index (χ4n) is 0.496. The Labute approximate surface area is 62.6 Å². The molecule has 0 atom stereocenters. The Balaban J connectivity index is 1.80. The lowest BCUT2D eigenvalue weighted by Crippen LogP contribution is -1.77. The van der Waals surface area contributed by atoms with Crippen molar-refractivity contribution in [2.75, 3.05) is 9.51 Å². The Hall–Kier alpha value is 1.08. The van der Waals surface area contributed by atoms with Crippen molar-refractivity contribution in [3.8, 4) is 0 Å². The fourth-order valence-corrected chi connectivity index (χ4v) is 2.01. The van der Waals surface area contributed by atoms with Crippen LogP contribution >= 0.6 is 34.4 Å². The summed E-state index contributed by atoms with van der Waals surface area (Å²) in [4.78, 5) is 0. The first-order valence-electron chi connectivity index (χ1n) is 2.57. The molecule has 0 heterocycles. The van der Waals surface area contributed by atoms with Crippen LogP contribution in [0.5, 0.6) is 0 Å². The van der Waals surface area contributed by atoms with E-state index in [1.807, 2.05) is 0 Å². The van der Waals surface area contributed by atoms with E-state index >= 15 is 0 Å². The Morgan fingerprint density at radius 2 is 2.29 bits per heavy atom. The standard InChI is InChI=1S/C5H9IS/c6-4-7-3-5-1-2-5/h5H,1-4H2. The second-order valence-electron chi connectivity index (χ2n) is 1.92. The highest BCUT2D eigenvalue weighted by Gasteiger charge is 2.19. The summed E-state index contributed by atoms with van der Waals surface area (Å²) in [6.07, 6.45) is 3.01. The minimum Gasteiger partial charge on any atom is -0.151 e. The van der Waals surface area contributed by atoms with Crippen molar-refractivity contribution in [3.05, 3.63) is 0 Å². The van der Waals surface area contributed by atoms with Crippen molar-refractivity contribution in [1.29, 1.82) is 0 Å². The smallest absolute Gasteiger partial charge is 0.0454 e. The molecule has 1 aliphatic carbocycles. The predicted octanol–water partition coefficient (Wildman–Crippen LogP) is 2.52. The van der Waals surface area contributed by atoms with Crippen LogP contribution in [0.3, 0.4) is 0 Å². The molecule has 1 saturated carbocycles. The molecule has 0 aromatic rings. The number of hydrogen-bond acceptors (Lipinski definition) is 1. The van der Waals surface area contributed by atoms with Crippen LogP contribution in [0, 0.1) is 5.92 Å². The number of hydrogen-bond donors (Lipinski definition) is 0. The van der Waals surface area contributed by atoms with Gasteiger partial charge in [0, 0.05) is 3.76 Å². The topological polar surface area (TPSA) is 0 Å². The fraction of sp³-hybridized carbons (Fsp3) is 1.00. The van der Waals surface area contributed by atoms with E-state index in [0.29, 0.717) is 0 Å². The number of halogens is 1. The van der Waals surface area contributed by atoms with Gasteiger partial charge in [-0.1, -0.05) is 22.6 Å². The van der Waals surface area contributed by atoms with E-state index in [0.717, 1.165) is 5.92 Å². The Kier molecular flexibility index (Phi) is 2.81. The molecule has 0 aromatic heterocycles. The van der Waals surface area contributed by atoms with Crippen molar-refractivity contribution >= 4 is 34.4 Å². The third-order valence-electron chi connectivity index (χ3n) is 1.13. The summed E-state index contributed by atoms with van der Waals surface area (Å²) in [5, 5.41) is 0. The van der Waals surface area contributed by atoms with Crippen molar-refractivity contribution < 1.29 is 0 Å². The molecule has 1 rings (SSSR count). The highest BCUT2D eigenvalue weighted by atomic mass is 127. The molecule has 0 aromatic carbocycles. The maximum absolute atomic E-state index is 2.41. The highest BCUT2D eigenvalue weighted by Crippen LogP contribution is 2.32. The van der Waals surface area contributed by atoms with Gasteiger partial charge in [-0.3, -0.25) is 0 Å². The van der Waals surface area contributed by atoms with E-state index < -0.39 is 0 Å². The van der Waals surface area contributed by atoms with Gasteiger partial charge in [0.25, 0.3) is 0 Å². The molecule has 0 aliphatic heterocycles. The molecule has 0 radical (unpaired) electrons. The molecule has 42 valence electrons. The van der Waals surface area contributed by atoms with Gasteiger partial charge in [0.15, 0.2) is 0 Å². The summed E-state index contributed by atoms with van der Waals surface area (Å²) in [5.74, 6) is 2.53. The molecule has 0 bridgehead atoms. The summed E-state index contributed by atoms with van der Waals surface area (Å²) in [5.41, 5.74) is 0. The maximum atomic E-state index is 2.41. The summed E-state index contributed by atoms with van der Waals surface area (Å²) in [7, 11) is 0. The van der Waals surface area contributed by atoms with Crippen molar-refractivity contribution in [3.63, 3.8) is 0 Å². The zero-order valence-corrected chi connectivity index (χ0v) is 7.17. The molecule has 1 fully saturated rings. The third kappa shape index (κ3) is 2.80. The zero-order valence-electron chi connectivity index (χ0n) is 4.19. The summed E-state index contributed by atoms with van der Waals surface area (Å²) in [6, 6.07) is 0. The van der Waals surface area contributed by atoms with Crippen LogP contribution in [0.2, 0.25) is 0 Å². The van der Waals surface area contributed by atoms with E-state index in [2.05, 4.69) is 34.4 Å². The van der Waals surface area contributed by atoms with Crippen LogP contribution in [0.4, 0.5) is 0 Å². The van der Waals surface area contributed by atoms with E-state index in [1.165, 1.54) is 22.4 Å². The quantitative estimate of drug-likeness (QED) is 0.528. The largest absolute Gasteiger partial charge is 0.151 e. The average Bonchev–Trinajstić information content (AvgIpc) is 2.42. The number of thioether (sulfide) groups is 1. The number of alkyl halides is 1. The SMILES string of the molecule is ICSCC1CC1. The van der Waals surface area contributed by atoms with Crippen molar-refractivity contribution in [1.82, 2.24) is 0 Å². The lowest BCUT2D eigenvalue weighted by atomic mass is 10.5. The normalized spacial score (nSPS) is 20.1. The highest BCUT2D eigenvalue weighted by molar-refractivity contribution is 14.1. The van der Waals surface area contributed by atoms with Crippen LogP contribution in [0.1, 0.15) is 12.8 Å². The molecule has 0 amide bonds. The first-order chi connectivity index (χ1) is 3.43. The van der Waals surface area contributed by atoms with Gasteiger partial charge < -0.3 is 0 Å². The monoisotopic (exact) mass is 228 g/mol. The van der Waals surface area contributed by atoms with Gasteiger partial charge in [-0.05, 0) is 24.5 Å². The van der Waals surface area contributed by atoms with Crippen molar-refractivity contribution in [2.45, 2.75) is 12.8 Å². The van der Waals surface area contributed by atoms with Gasteiger partial charge in [-0.25, -0.2) is 0 Å². The Morgan fingerprint density at radius 1 is 1.57 bits per heavy atom. The van der Waals surface area contributed by atoms with E-state index in [-0.39, 0.29) is 0 Å². The Bertz CT molecular complexity index is 52.0. The maximum Gasteiger partial charge on any atom is 0.0454 e. The molecule has 2 heteroatoms. The van der Waals surface area contributed by atoms with E-state index in [9.17, 15) is 0 Å². The second kappa shape index (κ2) is 3.17. The number of rotatable bonds is 3. The van der Waals surface area contributed by atoms with Gasteiger partial charge >= 0.3 is 0 Å². The van der Waals surface area contributed by atoms with Gasteiger partial charge in [0.05, 0.1) is 0 Å². The first kappa shape index (κ1) is 6.20. The minimum absolute atomic E-state index is 1.11. The molecular weight excluding hydrogens is 219 g/mol. The summed E-state index contributed by atoms with van der Waals surface area (Å²) in [6.45, 7) is 0. The van der Waals surface area contributed by atoms with Gasteiger partial charge in [0.2, 0.25) is 0 Å². The first-order valence-corrected chi connectivity index (χ1v) is 5.25. The van der Waals surface area contributed by atoms with Crippen LogP contribution < -0.4 is 0 Å². The van der Waals surface area contributed by atoms with Crippen molar-refractivity contribution in [2.24, 2.45) is 5.92 Å². The molecule has 0 unspecified atom stereocenters. The van der Waals surface area contributed by atoms with E-state index in [4.69, 9.17) is 0 Å². The average molecular weight is 228 g/mol. The molecule has 0 N–H and O–H groups in total. The van der Waals surface area contributed by atoms with Crippen LogP contribution in [-0.4, -0.2) is 9.51 Å². The predicted molar refractivity (Wildman–Crippen MR) is 44.1 cm³/mol. The molecule has 0 nitrogen and oxygen atoms in total. The third-order valence-corrected chi connectivity index (χ3v) is 3.31. The van der Waals surface area contributed by atoms with Crippen LogP contribution in [0.15, 0.2) is 0 Å². The second-order valence-corrected chi connectivity index (χ2v) is 4.75.